The molecule has 1 fully saturated rings. The largest absolute Gasteiger partial charge is 0.497 e. The fraction of sp³-hybridized carbons (Fsp3) is 0.533. The molecule has 1 aliphatic heterocycles. The van der Waals surface area contributed by atoms with Crippen molar-refractivity contribution in [3.05, 3.63) is 24.3 Å². The van der Waals surface area contributed by atoms with Crippen LogP contribution in [0.5, 0.6) is 11.5 Å². The molecule has 0 radical (unpaired) electrons. The number of nitrogens with zero attached hydrogens (tertiary/aromatic N) is 1. The van der Waals surface area contributed by atoms with Gasteiger partial charge >= 0.3 is 5.97 Å². The van der Waals surface area contributed by atoms with E-state index in [1.54, 1.807) is 31.4 Å². The number of hydrogen-bond donors (Lipinski definition) is 0. The average Bonchev–Trinajstić information content (AvgIpc) is 2.54. The highest BCUT2D eigenvalue weighted by Gasteiger charge is 2.20. The van der Waals surface area contributed by atoms with Gasteiger partial charge in [-0.25, -0.2) is 4.79 Å². The molecule has 0 bridgehead atoms. The summed E-state index contributed by atoms with van der Waals surface area (Å²) >= 11 is 0. The summed E-state index contributed by atoms with van der Waals surface area (Å²) in [4.78, 5) is 13.8. The topological polar surface area (TPSA) is 57.2 Å². The molecule has 1 aliphatic rings. The van der Waals surface area contributed by atoms with Crippen LogP contribution in [0.3, 0.4) is 0 Å². The number of halogens is 1. The molecule has 0 saturated carbocycles. The van der Waals surface area contributed by atoms with Crippen molar-refractivity contribution in [3.63, 3.8) is 0 Å². The lowest BCUT2D eigenvalue weighted by atomic mass is 10.3. The summed E-state index contributed by atoms with van der Waals surface area (Å²) in [6.07, 6.45) is -0.263. The lowest BCUT2D eigenvalue weighted by Gasteiger charge is -2.31. The Bertz CT molecular complexity index is 448. The predicted molar refractivity (Wildman–Crippen MR) is 83.7 cm³/mol. The number of benzene rings is 1. The Morgan fingerprint density at radius 1 is 1.23 bits per heavy atom. The molecule has 1 aromatic carbocycles. The Balaban J connectivity index is 0.00000242. The highest BCUT2D eigenvalue weighted by Crippen LogP contribution is 2.17. The van der Waals surface area contributed by atoms with E-state index < -0.39 is 0 Å². The van der Waals surface area contributed by atoms with Crippen LogP contribution in [0.2, 0.25) is 0 Å². The van der Waals surface area contributed by atoms with Crippen LogP contribution >= 0.6 is 12.4 Å². The number of ether oxygens (including phenoxy) is 4. The second kappa shape index (κ2) is 9.50. The second-order valence-electron chi connectivity index (χ2n) is 4.70. The molecule has 0 aliphatic carbocycles. The van der Waals surface area contributed by atoms with Gasteiger partial charge in [0.05, 0.1) is 20.3 Å². The first-order chi connectivity index (χ1) is 10.2. The number of morpholine rings is 1. The minimum Gasteiger partial charge on any atom is -0.497 e. The van der Waals surface area contributed by atoms with E-state index in [1.165, 1.54) is 0 Å². The minimum atomic E-state index is -0.384. The van der Waals surface area contributed by atoms with Gasteiger partial charge in [-0.15, -0.1) is 12.4 Å². The van der Waals surface area contributed by atoms with Gasteiger partial charge in [-0.3, -0.25) is 4.90 Å². The molecular formula is C15H22ClNO5. The third-order valence-corrected chi connectivity index (χ3v) is 3.28. The number of esters is 1. The first-order valence-corrected chi connectivity index (χ1v) is 6.97. The Hall–Kier alpha value is -1.50. The van der Waals surface area contributed by atoms with Crippen molar-refractivity contribution < 1.29 is 23.7 Å². The van der Waals surface area contributed by atoms with E-state index in [0.717, 1.165) is 18.8 Å². The number of methoxy groups -OCH3 is 1. The molecule has 7 heteroatoms. The van der Waals surface area contributed by atoms with Crippen molar-refractivity contribution in [2.45, 2.75) is 13.2 Å². The first kappa shape index (κ1) is 18.5. The number of rotatable bonds is 6. The van der Waals surface area contributed by atoms with Crippen LogP contribution in [0.1, 0.15) is 6.92 Å². The number of carbonyl (C=O) groups excluding carboxylic acids is 1. The molecular weight excluding hydrogens is 310 g/mol. The van der Waals surface area contributed by atoms with Crippen LogP contribution in [0, 0.1) is 0 Å². The zero-order chi connectivity index (χ0) is 15.1. The van der Waals surface area contributed by atoms with E-state index in [9.17, 15) is 4.79 Å². The summed E-state index contributed by atoms with van der Waals surface area (Å²) in [5.74, 6) is 0.961. The van der Waals surface area contributed by atoms with Crippen LogP contribution in [-0.4, -0.2) is 57.1 Å². The maximum atomic E-state index is 11.8. The molecule has 1 aromatic rings. The molecule has 22 heavy (non-hydrogen) atoms. The van der Waals surface area contributed by atoms with Gasteiger partial charge in [-0.2, -0.15) is 0 Å². The lowest BCUT2D eigenvalue weighted by Crippen LogP contribution is -2.44. The fourth-order valence-electron chi connectivity index (χ4n) is 2.05. The van der Waals surface area contributed by atoms with Crippen LogP contribution in [-0.2, 0) is 14.3 Å². The Morgan fingerprint density at radius 2 is 1.82 bits per heavy atom. The molecule has 2 rings (SSSR count). The van der Waals surface area contributed by atoms with Crippen molar-refractivity contribution in [1.82, 2.24) is 4.90 Å². The molecule has 0 amide bonds. The third-order valence-electron chi connectivity index (χ3n) is 3.28. The van der Waals surface area contributed by atoms with Gasteiger partial charge in [0, 0.05) is 13.1 Å². The maximum Gasteiger partial charge on any atom is 0.345 e. The summed E-state index contributed by atoms with van der Waals surface area (Å²) < 4.78 is 21.0. The zero-order valence-electron chi connectivity index (χ0n) is 12.8. The lowest BCUT2D eigenvalue weighted by molar-refractivity contribution is -0.163. The van der Waals surface area contributed by atoms with Crippen molar-refractivity contribution in [2.24, 2.45) is 0 Å². The van der Waals surface area contributed by atoms with E-state index in [4.69, 9.17) is 18.9 Å². The quantitative estimate of drug-likeness (QED) is 0.740. The molecule has 1 unspecified atom stereocenters. The molecule has 1 atom stereocenters. The Kier molecular flexibility index (Phi) is 8.01. The predicted octanol–water partition coefficient (Wildman–Crippen LogP) is 1.72. The van der Waals surface area contributed by atoms with Crippen molar-refractivity contribution in [2.75, 3.05) is 40.0 Å². The molecule has 0 spiro atoms. The van der Waals surface area contributed by atoms with Crippen LogP contribution in [0.4, 0.5) is 0 Å². The van der Waals surface area contributed by atoms with Crippen molar-refractivity contribution >= 4 is 18.4 Å². The van der Waals surface area contributed by atoms with Crippen LogP contribution in [0.25, 0.3) is 0 Å². The molecule has 0 aromatic heterocycles. The van der Waals surface area contributed by atoms with Gasteiger partial charge < -0.3 is 18.9 Å². The summed E-state index contributed by atoms with van der Waals surface area (Å²) in [6, 6.07) is 7.04. The van der Waals surface area contributed by atoms with Crippen molar-refractivity contribution in [1.29, 1.82) is 0 Å². The standard InChI is InChI=1S/C15H21NO5.ClH/c1-12(16-7-9-19-10-8-16)21-15(17)11-20-14-5-3-13(18-2)4-6-14;/h3-6,12H,7-11H2,1-2H3;1H. The molecule has 1 heterocycles. The maximum absolute atomic E-state index is 11.8. The molecule has 6 nitrogen and oxygen atoms in total. The molecule has 1 saturated heterocycles. The summed E-state index contributed by atoms with van der Waals surface area (Å²) in [5, 5.41) is 0. The summed E-state index contributed by atoms with van der Waals surface area (Å²) in [6.45, 7) is 4.63. The highest BCUT2D eigenvalue weighted by molar-refractivity contribution is 5.85. The molecule has 0 N–H and O–H groups in total. The number of carbonyl (C=O) groups is 1. The highest BCUT2D eigenvalue weighted by atomic mass is 35.5. The van der Waals surface area contributed by atoms with Crippen molar-refractivity contribution in [3.8, 4) is 11.5 Å². The van der Waals surface area contributed by atoms with Gasteiger partial charge in [0.2, 0.25) is 0 Å². The van der Waals surface area contributed by atoms with Gasteiger partial charge in [-0.05, 0) is 31.2 Å². The van der Waals surface area contributed by atoms with E-state index in [0.29, 0.717) is 19.0 Å². The Morgan fingerprint density at radius 3 is 2.41 bits per heavy atom. The fourth-order valence-corrected chi connectivity index (χ4v) is 2.05. The second-order valence-corrected chi connectivity index (χ2v) is 4.70. The minimum absolute atomic E-state index is 0. The first-order valence-electron chi connectivity index (χ1n) is 6.97. The van der Waals surface area contributed by atoms with E-state index in [-0.39, 0.29) is 31.2 Å². The van der Waals surface area contributed by atoms with Gasteiger partial charge in [0.15, 0.2) is 12.8 Å². The van der Waals surface area contributed by atoms with E-state index >= 15 is 0 Å². The summed E-state index contributed by atoms with van der Waals surface area (Å²) in [5.41, 5.74) is 0. The van der Waals surface area contributed by atoms with Gasteiger partial charge in [0.25, 0.3) is 0 Å². The normalized spacial score (nSPS) is 16.3. The van der Waals surface area contributed by atoms with E-state index in [1.807, 2.05) is 6.92 Å². The monoisotopic (exact) mass is 331 g/mol. The van der Waals surface area contributed by atoms with Crippen LogP contribution < -0.4 is 9.47 Å². The SMILES string of the molecule is COc1ccc(OCC(=O)OC(C)N2CCOCC2)cc1.Cl. The number of hydrogen-bond acceptors (Lipinski definition) is 6. The van der Waals surface area contributed by atoms with Gasteiger partial charge in [0.1, 0.15) is 11.5 Å². The van der Waals surface area contributed by atoms with Gasteiger partial charge in [-0.1, -0.05) is 0 Å². The smallest absolute Gasteiger partial charge is 0.345 e. The van der Waals surface area contributed by atoms with Crippen LogP contribution in [0.15, 0.2) is 24.3 Å². The summed E-state index contributed by atoms with van der Waals surface area (Å²) in [7, 11) is 1.60. The molecule has 124 valence electrons. The zero-order valence-corrected chi connectivity index (χ0v) is 13.6. The third kappa shape index (κ3) is 5.71. The Labute approximate surface area is 136 Å². The van der Waals surface area contributed by atoms with E-state index in [2.05, 4.69) is 4.90 Å². The average molecular weight is 332 g/mol.